The van der Waals surface area contributed by atoms with Gasteiger partial charge in [0.25, 0.3) is 5.91 Å². The number of hydrogen-bond acceptors (Lipinski definition) is 5. The van der Waals surface area contributed by atoms with Crippen molar-refractivity contribution in [2.75, 3.05) is 19.7 Å². The fourth-order valence-electron chi connectivity index (χ4n) is 2.78. The largest absolute Gasteiger partial charge is 0.366 e. The van der Waals surface area contributed by atoms with Crippen LogP contribution in [0.25, 0.3) is 11.2 Å². The average molecular weight is 331 g/mol. The third-order valence-corrected chi connectivity index (χ3v) is 4.15. The molecule has 0 spiro atoms. The summed E-state index contributed by atoms with van der Waals surface area (Å²) in [6, 6.07) is 3.83. The highest BCUT2D eigenvalue weighted by Gasteiger charge is 2.22. The van der Waals surface area contributed by atoms with E-state index in [9.17, 15) is 4.79 Å². The molecule has 1 atom stereocenters. The first-order chi connectivity index (χ1) is 11.6. The molecule has 0 unspecified atom stereocenters. The molecule has 24 heavy (non-hydrogen) atoms. The zero-order valence-electron chi connectivity index (χ0n) is 14.3. The number of rotatable bonds is 6. The Labute approximate surface area is 141 Å². The number of pyridine rings is 1. The van der Waals surface area contributed by atoms with Crippen LogP contribution < -0.4 is 10.6 Å². The minimum absolute atomic E-state index is 0.0994. The molecule has 0 aromatic carbocycles. The molecule has 3 heterocycles. The van der Waals surface area contributed by atoms with Gasteiger partial charge >= 0.3 is 0 Å². The minimum Gasteiger partial charge on any atom is -0.366 e. The summed E-state index contributed by atoms with van der Waals surface area (Å²) < 4.78 is 7.59. The molecule has 130 valence electrons. The van der Waals surface area contributed by atoms with Gasteiger partial charge < -0.3 is 19.9 Å². The van der Waals surface area contributed by atoms with Crippen LogP contribution in [0.2, 0.25) is 0 Å². The molecule has 0 radical (unpaired) electrons. The number of carbonyl (C=O) groups excluding carboxylic acids is 1. The first kappa shape index (κ1) is 16.9. The number of fused-ring (bicyclic) bond motifs is 1. The van der Waals surface area contributed by atoms with Crippen molar-refractivity contribution >= 4 is 17.1 Å². The Morgan fingerprint density at radius 3 is 3.17 bits per heavy atom. The quantitative estimate of drug-likeness (QED) is 0.828. The van der Waals surface area contributed by atoms with E-state index in [0.29, 0.717) is 25.6 Å². The second-order valence-corrected chi connectivity index (χ2v) is 6.49. The Morgan fingerprint density at radius 1 is 1.54 bits per heavy atom. The summed E-state index contributed by atoms with van der Waals surface area (Å²) in [6.45, 7) is 7.53. The second-order valence-electron chi connectivity index (χ2n) is 6.49. The van der Waals surface area contributed by atoms with Gasteiger partial charge in [0.15, 0.2) is 5.65 Å². The number of amides is 1. The molecule has 0 bridgehead atoms. The van der Waals surface area contributed by atoms with Gasteiger partial charge in [-0.3, -0.25) is 4.79 Å². The van der Waals surface area contributed by atoms with Crippen molar-refractivity contribution in [1.82, 2.24) is 25.2 Å². The molecule has 7 nitrogen and oxygen atoms in total. The minimum atomic E-state index is -0.426. The summed E-state index contributed by atoms with van der Waals surface area (Å²) in [5.74, 6) is 1.33. The van der Waals surface area contributed by atoms with Gasteiger partial charge in [-0.05, 0) is 24.5 Å². The standard InChI is InChI=1S/C17H25N5O2/c1-12(2)5-8-22-15(21-13-4-3-6-19-16(13)22)11-20-17(23)14-10-18-7-9-24-14/h3-4,6,12,14,18H,5,7-11H2,1-2H3,(H,20,23)/t14-/m0/s1. The highest BCUT2D eigenvalue weighted by atomic mass is 16.5. The SMILES string of the molecule is CC(C)CCn1c(CNC(=O)[C@@H]2CNCCO2)nc2cccnc21. The highest BCUT2D eigenvalue weighted by molar-refractivity contribution is 5.81. The number of carbonyl (C=O) groups is 1. The number of aryl methyl sites for hydroxylation is 1. The van der Waals surface area contributed by atoms with Crippen molar-refractivity contribution in [3.8, 4) is 0 Å². The van der Waals surface area contributed by atoms with E-state index in [2.05, 4.69) is 39.0 Å². The van der Waals surface area contributed by atoms with Gasteiger partial charge in [0.05, 0.1) is 13.2 Å². The van der Waals surface area contributed by atoms with Crippen LogP contribution >= 0.6 is 0 Å². The van der Waals surface area contributed by atoms with E-state index in [1.165, 1.54) is 0 Å². The van der Waals surface area contributed by atoms with E-state index in [1.807, 2.05) is 12.1 Å². The molecule has 1 fully saturated rings. The Balaban J connectivity index is 1.72. The monoisotopic (exact) mass is 331 g/mol. The van der Waals surface area contributed by atoms with E-state index in [4.69, 9.17) is 4.74 Å². The van der Waals surface area contributed by atoms with Crippen LogP contribution in [0.3, 0.4) is 0 Å². The topological polar surface area (TPSA) is 81.1 Å². The smallest absolute Gasteiger partial charge is 0.250 e. The Bertz CT molecular complexity index is 691. The number of hydrogen-bond donors (Lipinski definition) is 2. The lowest BCUT2D eigenvalue weighted by atomic mass is 10.1. The highest BCUT2D eigenvalue weighted by Crippen LogP contribution is 2.16. The zero-order valence-corrected chi connectivity index (χ0v) is 14.3. The maximum absolute atomic E-state index is 12.2. The van der Waals surface area contributed by atoms with Crippen LogP contribution in [-0.2, 0) is 22.6 Å². The van der Waals surface area contributed by atoms with Crippen LogP contribution in [0.15, 0.2) is 18.3 Å². The van der Waals surface area contributed by atoms with E-state index < -0.39 is 6.10 Å². The second kappa shape index (κ2) is 7.72. The molecule has 0 saturated carbocycles. The lowest BCUT2D eigenvalue weighted by Gasteiger charge is -2.22. The van der Waals surface area contributed by atoms with E-state index >= 15 is 0 Å². The van der Waals surface area contributed by atoms with E-state index in [-0.39, 0.29) is 5.91 Å². The predicted octanol–water partition coefficient (Wildman–Crippen LogP) is 1.08. The van der Waals surface area contributed by atoms with Gasteiger partial charge in [-0.2, -0.15) is 0 Å². The first-order valence-corrected chi connectivity index (χ1v) is 8.55. The third kappa shape index (κ3) is 3.91. The Morgan fingerprint density at radius 2 is 2.42 bits per heavy atom. The number of morpholine rings is 1. The average Bonchev–Trinajstić information content (AvgIpc) is 2.96. The molecule has 1 saturated heterocycles. The summed E-state index contributed by atoms with van der Waals surface area (Å²) >= 11 is 0. The van der Waals surface area contributed by atoms with Crippen molar-refractivity contribution in [1.29, 1.82) is 0 Å². The molecule has 2 aromatic heterocycles. The van der Waals surface area contributed by atoms with Crippen molar-refractivity contribution in [2.45, 2.75) is 39.5 Å². The molecule has 2 N–H and O–H groups in total. The summed E-state index contributed by atoms with van der Waals surface area (Å²) in [5.41, 5.74) is 1.74. The van der Waals surface area contributed by atoms with Crippen molar-refractivity contribution in [3.63, 3.8) is 0 Å². The number of aromatic nitrogens is 3. The van der Waals surface area contributed by atoms with Gasteiger partial charge in [-0.25, -0.2) is 9.97 Å². The van der Waals surface area contributed by atoms with Crippen LogP contribution in [0, 0.1) is 5.92 Å². The predicted molar refractivity (Wildman–Crippen MR) is 91.4 cm³/mol. The maximum atomic E-state index is 12.2. The summed E-state index contributed by atoms with van der Waals surface area (Å²) in [7, 11) is 0. The zero-order chi connectivity index (χ0) is 16.9. The summed E-state index contributed by atoms with van der Waals surface area (Å²) in [6.07, 6.45) is 2.39. The van der Waals surface area contributed by atoms with Gasteiger partial charge in [-0.1, -0.05) is 13.8 Å². The van der Waals surface area contributed by atoms with Gasteiger partial charge in [0.2, 0.25) is 0 Å². The maximum Gasteiger partial charge on any atom is 0.250 e. The van der Waals surface area contributed by atoms with Gasteiger partial charge in [-0.15, -0.1) is 0 Å². The van der Waals surface area contributed by atoms with Crippen LogP contribution in [-0.4, -0.2) is 46.2 Å². The lowest BCUT2D eigenvalue weighted by Crippen LogP contribution is -2.47. The fraction of sp³-hybridized carbons (Fsp3) is 0.588. The van der Waals surface area contributed by atoms with Crippen molar-refractivity contribution < 1.29 is 9.53 Å². The molecule has 1 aliphatic rings. The molecule has 7 heteroatoms. The molecule has 0 aliphatic carbocycles. The molecule has 3 rings (SSSR count). The number of nitrogens with one attached hydrogen (secondary N) is 2. The van der Waals surface area contributed by atoms with Crippen molar-refractivity contribution in [3.05, 3.63) is 24.2 Å². The molecular weight excluding hydrogens is 306 g/mol. The molecule has 1 amide bonds. The lowest BCUT2D eigenvalue weighted by molar-refractivity contribution is -0.134. The number of nitrogens with zero attached hydrogens (tertiary/aromatic N) is 3. The van der Waals surface area contributed by atoms with E-state index in [0.717, 1.165) is 36.5 Å². The third-order valence-electron chi connectivity index (χ3n) is 4.15. The van der Waals surface area contributed by atoms with E-state index in [1.54, 1.807) is 6.20 Å². The van der Waals surface area contributed by atoms with Gasteiger partial charge in [0.1, 0.15) is 17.4 Å². The molecule has 2 aromatic rings. The summed E-state index contributed by atoms with van der Waals surface area (Å²) in [4.78, 5) is 21.3. The van der Waals surface area contributed by atoms with Gasteiger partial charge in [0, 0.05) is 25.8 Å². The summed E-state index contributed by atoms with van der Waals surface area (Å²) in [5, 5.41) is 6.11. The van der Waals surface area contributed by atoms with Crippen LogP contribution in [0.1, 0.15) is 26.1 Å². The Hall–Kier alpha value is -1.99. The molecular formula is C17H25N5O2. The number of ether oxygens (including phenoxy) is 1. The fourth-order valence-corrected chi connectivity index (χ4v) is 2.78. The number of imidazole rings is 1. The first-order valence-electron chi connectivity index (χ1n) is 8.55. The normalized spacial score (nSPS) is 18.2. The van der Waals surface area contributed by atoms with Crippen LogP contribution in [0.4, 0.5) is 0 Å². The van der Waals surface area contributed by atoms with Crippen LogP contribution in [0.5, 0.6) is 0 Å². The Kier molecular flexibility index (Phi) is 5.42. The molecule has 1 aliphatic heterocycles. The van der Waals surface area contributed by atoms with Crippen molar-refractivity contribution in [2.24, 2.45) is 5.92 Å².